The fourth-order valence-electron chi connectivity index (χ4n) is 5.52. The highest BCUT2D eigenvalue weighted by Crippen LogP contribution is 2.47. The van der Waals surface area contributed by atoms with Crippen molar-refractivity contribution in [1.29, 1.82) is 0 Å². The predicted octanol–water partition coefficient (Wildman–Crippen LogP) is 4.42. The Hall–Kier alpha value is -0.420. The van der Waals surface area contributed by atoms with Gasteiger partial charge in [0.25, 0.3) is 0 Å². The zero-order chi connectivity index (χ0) is 17.1. The minimum absolute atomic E-state index is 0.357. The molecule has 0 spiro atoms. The molecule has 2 saturated heterocycles. The van der Waals surface area contributed by atoms with Crippen molar-refractivity contribution in [3.8, 4) is 0 Å². The molecule has 1 aromatic rings. The molecule has 1 aliphatic carbocycles. The molecular weight excluding hydrogens is 328 g/mol. The van der Waals surface area contributed by atoms with Gasteiger partial charge in [-0.05, 0) is 76.2 Å². The van der Waals surface area contributed by atoms with Gasteiger partial charge in [-0.15, -0.1) is 11.3 Å². The molecule has 1 aromatic heterocycles. The molecule has 0 aromatic carbocycles. The van der Waals surface area contributed by atoms with E-state index in [1.807, 2.05) is 0 Å². The Morgan fingerprint density at radius 3 is 2.12 bits per heavy atom. The lowest BCUT2D eigenvalue weighted by molar-refractivity contribution is -0.132. The monoisotopic (exact) mass is 362 g/mol. The van der Waals surface area contributed by atoms with E-state index in [1.165, 1.54) is 82.4 Å². The highest BCUT2D eigenvalue weighted by atomic mass is 32.1. The van der Waals surface area contributed by atoms with Crippen molar-refractivity contribution in [3.05, 3.63) is 22.4 Å². The van der Waals surface area contributed by atoms with Crippen molar-refractivity contribution >= 4 is 11.3 Å². The van der Waals surface area contributed by atoms with Gasteiger partial charge in [-0.1, -0.05) is 31.7 Å². The molecule has 3 nitrogen and oxygen atoms in total. The first-order chi connectivity index (χ1) is 12.3. The molecule has 2 unspecified atom stereocenters. The average Bonchev–Trinajstić information content (AvgIpc) is 3.21. The van der Waals surface area contributed by atoms with E-state index in [1.54, 1.807) is 11.3 Å². The number of rotatable bonds is 4. The minimum atomic E-state index is -0.619. The summed E-state index contributed by atoms with van der Waals surface area (Å²) >= 11 is 1.76. The summed E-state index contributed by atoms with van der Waals surface area (Å²) in [5.74, 6) is 0.357. The first-order valence-corrected chi connectivity index (χ1v) is 11.4. The van der Waals surface area contributed by atoms with Crippen molar-refractivity contribution in [2.45, 2.75) is 76.0 Å². The van der Waals surface area contributed by atoms with Gasteiger partial charge in [0.2, 0.25) is 0 Å². The average molecular weight is 363 g/mol. The Bertz CT molecular complexity index is 504. The maximum Gasteiger partial charge on any atom is 0.104 e. The summed E-state index contributed by atoms with van der Waals surface area (Å²) < 4.78 is 0. The van der Waals surface area contributed by atoms with E-state index in [0.29, 0.717) is 12.1 Å². The standard InChI is InChI=1S/C21H34N2OS/c24-21(19-11-9-17-25-19)12-4-3-10-18(21)20(22-13-5-1-6-14-22)23-15-7-2-8-16-23/h9,11,17-18,20,24H,1-8,10,12-16H2. The smallest absolute Gasteiger partial charge is 0.104 e. The highest BCUT2D eigenvalue weighted by Gasteiger charge is 2.48. The second kappa shape index (κ2) is 8.08. The molecule has 4 rings (SSSR count). The predicted molar refractivity (Wildman–Crippen MR) is 105 cm³/mol. The molecule has 0 amide bonds. The molecule has 3 heterocycles. The van der Waals surface area contributed by atoms with Gasteiger partial charge in [0.15, 0.2) is 0 Å². The number of hydrogen-bond acceptors (Lipinski definition) is 4. The molecule has 2 aliphatic heterocycles. The van der Waals surface area contributed by atoms with Gasteiger partial charge in [0.05, 0.1) is 6.17 Å². The summed E-state index contributed by atoms with van der Waals surface area (Å²) in [5.41, 5.74) is -0.619. The van der Waals surface area contributed by atoms with Crippen LogP contribution in [0.3, 0.4) is 0 Å². The third-order valence-corrected chi connectivity index (χ3v) is 7.81. The van der Waals surface area contributed by atoms with Crippen LogP contribution in [0.25, 0.3) is 0 Å². The van der Waals surface area contributed by atoms with E-state index >= 15 is 0 Å². The topological polar surface area (TPSA) is 26.7 Å². The molecule has 1 saturated carbocycles. The van der Waals surface area contributed by atoms with E-state index in [2.05, 4.69) is 27.3 Å². The number of piperidine rings is 2. The van der Waals surface area contributed by atoms with Crippen molar-refractivity contribution in [1.82, 2.24) is 9.80 Å². The zero-order valence-corrected chi connectivity index (χ0v) is 16.4. The van der Waals surface area contributed by atoms with Gasteiger partial charge in [0, 0.05) is 10.8 Å². The fourth-order valence-corrected chi connectivity index (χ4v) is 6.43. The van der Waals surface area contributed by atoms with Gasteiger partial charge < -0.3 is 5.11 Å². The van der Waals surface area contributed by atoms with Crippen LogP contribution in [-0.2, 0) is 5.60 Å². The number of hydrogen-bond donors (Lipinski definition) is 1. The summed E-state index contributed by atoms with van der Waals surface area (Å²) in [6.07, 6.45) is 13.1. The first-order valence-electron chi connectivity index (χ1n) is 10.5. The Balaban J connectivity index is 1.65. The lowest BCUT2D eigenvalue weighted by Crippen LogP contribution is -2.60. The maximum absolute atomic E-state index is 11.9. The van der Waals surface area contributed by atoms with Gasteiger partial charge in [-0.2, -0.15) is 0 Å². The van der Waals surface area contributed by atoms with Crippen molar-refractivity contribution < 1.29 is 5.11 Å². The molecule has 4 heteroatoms. The number of aliphatic hydroxyl groups is 1. The van der Waals surface area contributed by atoms with Gasteiger partial charge in [-0.3, -0.25) is 9.80 Å². The van der Waals surface area contributed by atoms with Crippen molar-refractivity contribution in [3.63, 3.8) is 0 Å². The van der Waals surface area contributed by atoms with Gasteiger partial charge >= 0.3 is 0 Å². The van der Waals surface area contributed by atoms with Crippen LogP contribution in [0, 0.1) is 5.92 Å². The Labute approximate surface area is 157 Å². The molecule has 3 aliphatic rings. The summed E-state index contributed by atoms with van der Waals surface area (Å²) in [6.45, 7) is 4.88. The molecule has 25 heavy (non-hydrogen) atoms. The third kappa shape index (κ3) is 3.69. The summed E-state index contributed by atoms with van der Waals surface area (Å²) in [6, 6.07) is 4.28. The lowest BCUT2D eigenvalue weighted by Gasteiger charge is -2.52. The van der Waals surface area contributed by atoms with Gasteiger partial charge in [-0.25, -0.2) is 0 Å². The number of thiophene rings is 1. The van der Waals surface area contributed by atoms with Crippen LogP contribution in [0.1, 0.15) is 69.1 Å². The van der Waals surface area contributed by atoms with Crippen LogP contribution in [0.2, 0.25) is 0 Å². The summed E-state index contributed by atoms with van der Waals surface area (Å²) in [5, 5.41) is 14.0. The van der Waals surface area contributed by atoms with Crippen LogP contribution < -0.4 is 0 Å². The lowest BCUT2D eigenvalue weighted by atomic mass is 9.71. The first kappa shape index (κ1) is 18.0. The van der Waals surface area contributed by atoms with Gasteiger partial charge in [0.1, 0.15) is 5.60 Å². The van der Waals surface area contributed by atoms with E-state index in [-0.39, 0.29) is 0 Å². The van der Waals surface area contributed by atoms with Crippen molar-refractivity contribution in [2.75, 3.05) is 26.2 Å². The Morgan fingerprint density at radius 1 is 0.920 bits per heavy atom. The molecule has 0 radical (unpaired) electrons. The number of nitrogens with zero attached hydrogens (tertiary/aromatic N) is 2. The van der Waals surface area contributed by atoms with E-state index in [0.717, 1.165) is 12.8 Å². The van der Waals surface area contributed by atoms with Crippen LogP contribution in [-0.4, -0.2) is 47.3 Å². The largest absolute Gasteiger partial charge is 0.384 e. The molecule has 3 fully saturated rings. The van der Waals surface area contributed by atoms with E-state index in [9.17, 15) is 5.11 Å². The second-order valence-electron chi connectivity index (χ2n) is 8.36. The molecule has 0 bridgehead atoms. The van der Waals surface area contributed by atoms with Crippen LogP contribution in [0.15, 0.2) is 17.5 Å². The SMILES string of the molecule is OC1(c2cccs2)CCCCC1C(N1CCCCC1)N1CCCCC1. The minimum Gasteiger partial charge on any atom is -0.384 e. The van der Waals surface area contributed by atoms with Crippen LogP contribution in [0.5, 0.6) is 0 Å². The highest BCUT2D eigenvalue weighted by molar-refractivity contribution is 7.10. The molecule has 1 N–H and O–H groups in total. The molecule has 140 valence electrons. The summed E-state index contributed by atoms with van der Waals surface area (Å²) in [4.78, 5) is 6.68. The Morgan fingerprint density at radius 2 is 1.56 bits per heavy atom. The second-order valence-corrected chi connectivity index (χ2v) is 9.31. The zero-order valence-electron chi connectivity index (χ0n) is 15.5. The maximum atomic E-state index is 11.9. The number of likely N-dealkylation sites (tertiary alicyclic amines) is 2. The fraction of sp³-hybridized carbons (Fsp3) is 0.810. The quantitative estimate of drug-likeness (QED) is 0.859. The Kier molecular flexibility index (Phi) is 5.81. The molecule has 2 atom stereocenters. The van der Waals surface area contributed by atoms with E-state index < -0.39 is 5.60 Å². The third-order valence-electron chi connectivity index (χ3n) is 6.77. The van der Waals surface area contributed by atoms with Crippen LogP contribution >= 0.6 is 11.3 Å². The summed E-state index contributed by atoms with van der Waals surface area (Å²) in [7, 11) is 0. The van der Waals surface area contributed by atoms with Crippen molar-refractivity contribution in [2.24, 2.45) is 5.92 Å². The van der Waals surface area contributed by atoms with E-state index in [4.69, 9.17) is 0 Å². The van der Waals surface area contributed by atoms with Crippen LogP contribution in [0.4, 0.5) is 0 Å². The molecular formula is C21H34N2OS. The normalized spacial score (nSPS) is 33.0.